The highest BCUT2D eigenvalue weighted by atomic mass is 16.6. The van der Waals surface area contributed by atoms with E-state index in [-0.39, 0.29) is 31.1 Å². The Morgan fingerprint density at radius 3 is 2.52 bits per heavy atom. The van der Waals surface area contributed by atoms with Gasteiger partial charge in [0.2, 0.25) is 0 Å². The third-order valence-corrected chi connectivity index (χ3v) is 2.98. The van der Waals surface area contributed by atoms with Gasteiger partial charge in [-0.15, -0.1) is 0 Å². The fourth-order valence-corrected chi connectivity index (χ4v) is 1.96. The fraction of sp³-hybridized carbons (Fsp3) is 0.500. The standard InChI is InChI=1S/C16H21NO4/c1-16(2,3)21-14(18)9-13-10-17(13)15(19)20-11-12-7-5-4-6-8-12/h4-8,13H,9-11H2,1-3H3. The molecule has 0 aromatic heterocycles. The molecule has 0 radical (unpaired) electrons. The number of hydrogen-bond acceptors (Lipinski definition) is 4. The van der Waals surface area contributed by atoms with Crippen molar-refractivity contribution in [1.82, 2.24) is 4.90 Å². The number of amides is 1. The third-order valence-electron chi connectivity index (χ3n) is 2.98. The lowest BCUT2D eigenvalue weighted by Gasteiger charge is -2.19. The van der Waals surface area contributed by atoms with Gasteiger partial charge in [0.1, 0.15) is 12.2 Å². The first-order valence-corrected chi connectivity index (χ1v) is 7.04. The number of hydrogen-bond donors (Lipinski definition) is 0. The van der Waals surface area contributed by atoms with Crippen LogP contribution in [0.3, 0.4) is 0 Å². The van der Waals surface area contributed by atoms with Gasteiger partial charge in [-0.2, -0.15) is 0 Å². The molecule has 5 heteroatoms. The van der Waals surface area contributed by atoms with Gasteiger partial charge in [0.05, 0.1) is 12.5 Å². The van der Waals surface area contributed by atoms with Crippen molar-refractivity contribution in [2.24, 2.45) is 0 Å². The second kappa shape index (κ2) is 6.16. The van der Waals surface area contributed by atoms with E-state index in [1.807, 2.05) is 51.1 Å². The molecular weight excluding hydrogens is 270 g/mol. The maximum absolute atomic E-state index is 11.8. The predicted molar refractivity (Wildman–Crippen MR) is 77.6 cm³/mol. The molecule has 1 aromatic carbocycles. The first-order chi connectivity index (χ1) is 9.85. The lowest BCUT2D eigenvalue weighted by molar-refractivity contribution is -0.154. The molecule has 0 N–H and O–H groups in total. The molecule has 0 aliphatic carbocycles. The minimum absolute atomic E-state index is 0.0943. The Kier molecular flexibility index (Phi) is 4.50. The van der Waals surface area contributed by atoms with Crippen molar-refractivity contribution in [2.75, 3.05) is 6.54 Å². The van der Waals surface area contributed by atoms with Gasteiger partial charge in [0, 0.05) is 6.54 Å². The first-order valence-electron chi connectivity index (χ1n) is 7.04. The second-order valence-corrected chi connectivity index (χ2v) is 6.14. The third kappa shape index (κ3) is 5.10. The molecule has 1 aliphatic rings. The van der Waals surface area contributed by atoms with Gasteiger partial charge in [-0.1, -0.05) is 30.3 Å². The van der Waals surface area contributed by atoms with Gasteiger partial charge in [0.15, 0.2) is 0 Å². The summed E-state index contributed by atoms with van der Waals surface area (Å²) in [5.41, 5.74) is 0.446. The van der Waals surface area contributed by atoms with E-state index < -0.39 is 5.60 Å². The molecule has 1 aromatic rings. The Labute approximate surface area is 124 Å². The SMILES string of the molecule is CC(C)(C)OC(=O)CC1CN1C(=O)OCc1ccccc1. The Morgan fingerprint density at radius 2 is 1.90 bits per heavy atom. The Hall–Kier alpha value is -2.04. The number of esters is 1. The molecule has 114 valence electrons. The molecule has 1 saturated heterocycles. The second-order valence-electron chi connectivity index (χ2n) is 6.14. The van der Waals surface area contributed by atoms with Crippen LogP contribution < -0.4 is 0 Å². The molecule has 1 amide bonds. The summed E-state index contributed by atoms with van der Waals surface area (Å²) in [6, 6.07) is 9.40. The van der Waals surface area contributed by atoms with Gasteiger partial charge in [-0.3, -0.25) is 4.79 Å². The van der Waals surface area contributed by atoms with E-state index >= 15 is 0 Å². The number of ether oxygens (including phenoxy) is 2. The first kappa shape index (κ1) is 15.4. The lowest BCUT2D eigenvalue weighted by atomic mass is 10.2. The fourth-order valence-electron chi connectivity index (χ4n) is 1.96. The van der Waals surface area contributed by atoms with Crippen molar-refractivity contribution in [1.29, 1.82) is 0 Å². The molecule has 0 saturated carbocycles. The van der Waals surface area contributed by atoms with Crippen molar-refractivity contribution in [3.05, 3.63) is 35.9 Å². The summed E-state index contributed by atoms with van der Waals surface area (Å²) in [6.07, 6.45) is -0.162. The maximum atomic E-state index is 11.8. The van der Waals surface area contributed by atoms with E-state index in [0.29, 0.717) is 6.54 Å². The Morgan fingerprint density at radius 1 is 1.24 bits per heavy atom. The maximum Gasteiger partial charge on any atom is 0.410 e. The molecule has 2 rings (SSSR count). The molecular formula is C16H21NO4. The lowest BCUT2D eigenvalue weighted by Crippen LogP contribution is -2.25. The van der Waals surface area contributed by atoms with Crippen molar-refractivity contribution < 1.29 is 19.1 Å². The highest BCUT2D eigenvalue weighted by molar-refractivity contribution is 5.76. The minimum Gasteiger partial charge on any atom is -0.460 e. The van der Waals surface area contributed by atoms with Crippen molar-refractivity contribution in [3.8, 4) is 0 Å². The smallest absolute Gasteiger partial charge is 0.410 e. The molecule has 1 atom stereocenters. The van der Waals surface area contributed by atoms with E-state index in [4.69, 9.17) is 9.47 Å². The number of rotatable bonds is 4. The van der Waals surface area contributed by atoms with Crippen LogP contribution in [0, 0.1) is 0 Å². The van der Waals surface area contributed by atoms with Crippen LogP contribution in [0.5, 0.6) is 0 Å². The molecule has 0 spiro atoms. The quantitative estimate of drug-likeness (QED) is 0.632. The molecule has 1 heterocycles. The average molecular weight is 291 g/mol. The summed E-state index contributed by atoms with van der Waals surface area (Å²) in [7, 11) is 0. The average Bonchev–Trinajstić information content (AvgIpc) is 3.14. The van der Waals surface area contributed by atoms with Gasteiger partial charge in [-0.05, 0) is 26.3 Å². The zero-order chi connectivity index (χ0) is 15.5. The predicted octanol–water partition coefficient (Wildman–Crippen LogP) is 2.74. The van der Waals surface area contributed by atoms with Crippen LogP contribution in [0.15, 0.2) is 30.3 Å². The van der Waals surface area contributed by atoms with Gasteiger partial charge in [0.25, 0.3) is 0 Å². The zero-order valence-electron chi connectivity index (χ0n) is 12.7. The summed E-state index contributed by atoms with van der Waals surface area (Å²) < 4.78 is 10.4. The van der Waals surface area contributed by atoms with Crippen LogP contribution in [-0.2, 0) is 20.9 Å². The summed E-state index contributed by atoms with van der Waals surface area (Å²) >= 11 is 0. The number of nitrogens with zero attached hydrogens (tertiary/aromatic N) is 1. The number of carbonyl (C=O) groups is 2. The summed E-state index contributed by atoms with van der Waals surface area (Å²) in [5.74, 6) is -0.286. The van der Waals surface area contributed by atoms with Crippen molar-refractivity contribution in [3.63, 3.8) is 0 Å². The summed E-state index contributed by atoms with van der Waals surface area (Å²) in [4.78, 5) is 25.0. The van der Waals surface area contributed by atoms with Crippen LogP contribution in [0.4, 0.5) is 4.79 Å². The van der Waals surface area contributed by atoms with E-state index in [2.05, 4.69) is 0 Å². The van der Waals surface area contributed by atoms with Gasteiger partial charge < -0.3 is 14.4 Å². The van der Waals surface area contributed by atoms with E-state index in [9.17, 15) is 9.59 Å². The van der Waals surface area contributed by atoms with Crippen LogP contribution >= 0.6 is 0 Å². The van der Waals surface area contributed by atoms with Crippen molar-refractivity contribution in [2.45, 2.75) is 45.4 Å². The molecule has 1 unspecified atom stereocenters. The van der Waals surface area contributed by atoms with E-state index in [0.717, 1.165) is 5.56 Å². The zero-order valence-corrected chi connectivity index (χ0v) is 12.7. The Balaban J connectivity index is 1.71. The molecule has 5 nitrogen and oxygen atoms in total. The topological polar surface area (TPSA) is 55.6 Å². The number of benzene rings is 1. The van der Waals surface area contributed by atoms with Crippen LogP contribution in [0.1, 0.15) is 32.8 Å². The Bertz CT molecular complexity index is 507. The van der Waals surface area contributed by atoms with E-state index in [1.165, 1.54) is 4.90 Å². The van der Waals surface area contributed by atoms with Crippen molar-refractivity contribution >= 4 is 12.1 Å². The monoisotopic (exact) mass is 291 g/mol. The van der Waals surface area contributed by atoms with Crippen LogP contribution in [0.25, 0.3) is 0 Å². The highest BCUT2D eigenvalue weighted by Gasteiger charge is 2.41. The molecule has 21 heavy (non-hydrogen) atoms. The molecule has 0 bridgehead atoms. The molecule has 1 fully saturated rings. The van der Waals surface area contributed by atoms with Gasteiger partial charge >= 0.3 is 12.1 Å². The normalized spacial score (nSPS) is 17.3. The van der Waals surface area contributed by atoms with Crippen LogP contribution in [-0.4, -0.2) is 35.2 Å². The van der Waals surface area contributed by atoms with E-state index in [1.54, 1.807) is 0 Å². The van der Waals surface area contributed by atoms with Crippen LogP contribution in [0.2, 0.25) is 0 Å². The summed E-state index contributed by atoms with van der Waals surface area (Å²) in [6.45, 7) is 6.26. The summed E-state index contributed by atoms with van der Waals surface area (Å²) in [5, 5.41) is 0. The number of carbonyl (C=O) groups excluding carboxylic acids is 2. The minimum atomic E-state index is -0.495. The molecule has 1 aliphatic heterocycles. The van der Waals surface area contributed by atoms with Gasteiger partial charge in [-0.25, -0.2) is 4.79 Å². The largest absolute Gasteiger partial charge is 0.460 e. The highest BCUT2D eigenvalue weighted by Crippen LogP contribution is 2.24.